The lowest BCUT2D eigenvalue weighted by Gasteiger charge is -2.26. The molecule has 0 atom stereocenters. The molecule has 2 aromatic carbocycles. The van der Waals surface area contributed by atoms with Crippen LogP contribution in [0.4, 0.5) is 4.39 Å². The summed E-state index contributed by atoms with van der Waals surface area (Å²) in [6.07, 6.45) is 0. The van der Waals surface area contributed by atoms with Crippen molar-refractivity contribution in [2.45, 2.75) is 18.8 Å². The summed E-state index contributed by atoms with van der Waals surface area (Å²) in [6, 6.07) is 12.3. The van der Waals surface area contributed by atoms with Crippen LogP contribution in [0.1, 0.15) is 16.7 Å². The largest absolute Gasteiger partial charge is 0.494 e. The Morgan fingerprint density at radius 1 is 1.11 bits per heavy atom. The normalized spacial score (nSPS) is 15.5. The van der Waals surface area contributed by atoms with Gasteiger partial charge in [0.25, 0.3) is 0 Å². The van der Waals surface area contributed by atoms with Crippen molar-refractivity contribution in [2.24, 2.45) is 0 Å². The third kappa shape index (κ3) is 5.29. The molecule has 1 N–H and O–H groups in total. The van der Waals surface area contributed by atoms with Crippen molar-refractivity contribution in [1.82, 2.24) is 9.62 Å². The molecule has 1 fully saturated rings. The minimum atomic E-state index is -3.39. The van der Waals surface area contributed by atoms with Crippen molar-refractivity contribution >= 4 is 10.0 Å². The summed E-state index contributed by atoms with van der Waals surface area (Å²) in [7, 11) is -1.96. The average molecular weight is 408 g/mol. The Kier molecular flexibility index (Phi) is 7.01. The highest BCUT2D eigenvalue weighted by atomic mass is 32.2. The van der Waals surface area contributed by atoms with Gasteiger partial charge in [0.2, 0.25) is 10.0 Å². The van der Waals surface area contributed by atoms with Crippen LogP contribution in [0.5, 0.6) is 5.75 Å². The number of ether oxygens (including phenoxy) is 2. The molecule has 0 saturated carbocycles. The van der Waals surface area contributed by atoms with Crippen molar-refractivity contribution in [3.8, 4) is 5.75 Å². The molecule has 8 heteroatoms. The van der Waals surface area contributed by atoms with Crippen LogP contribution in [0.2, 0.25) is 0 Å². The molecule has 0 amide bonds. The van der Waals surface area contributed by atoms with Crippen molar-refractivity contribution in [3.63, 3.8) is 0 Å². The van der Waals surface area contributed by atoms with Crippen LogP contribution in [0.15, 0.2) is 42.5 Å². The van der Waals surface area contributed by atoms with E-state index in [1.807, 2.05) is 24.3 Å². The highest BCUT2D eigenvalue weighted by Crippen LogP contribution is 2.19. The van der Waals surface area contributed by atoms with Crippen LogP contribution in [0.3, 0.4) is 0 Å². The number of rotatable bonds is 8. The predicted molar refractivity (Wildman–Crippen MR) is 105 cm³/mol. The minimum absolute atomic E-state index is 0.0397. The van der Waals surface area contributed by atoms with Crippen molar-refractivity contribution in [3.05, 3.63) is 65.0 Å². The monoisotopic (exact) mass is 408 g/mol. The Morgan fingerprint density at radius 3 is 2.50 bits per heavy atom. The summed E-state index contributed by atoms with van der Waals surface area (Å²) in [5, 5.41) is 3.25. The van der Waals surface area contributed by atoms with E-state index in [2.05, 4.69) is 5.32 Å². The molecule has 0 aliphatic carbocycles. The summed E-state index contributed by atoms with van der Waals surface area (Å²) >= 11 is 0. The van der Waals surface area contributed by atoms with E-state index in [4.69, 9.17) is 9.47 Å². The van der Waals surface area contributed by atoms with Gasteiger partial charge in [-0.2, -0.15) is 4.31 Å². The van der Waals surface area contributed by atoms with Gasteiger partial charge in [-0.15, -0.1) is 0 Å². The number of nitrogens with zero attached hydrogens (tertiary/aromatic N) is 1. The summed E-state index contributed by atoms with van der Waals surface area (Å²) in [5.74, 6) is -0.233. The minimum Gasteiger partial charge on any atom is -0.494 e. The van der Waals surface area contributed by atoms with Gasteiger partial charge >= 0.3 is 0 Å². The number of sulfonamides is 1. The highest BCUT2D eigenvalue weighted by Gasteiger charge is 2.25. The van der Waals surface area contributed by atoms with Crippen LogP contribution in [-0.4, -0.2) is 46.1 Å². The zero-order valence-corrected chi connectivity index (χ0v) is 16.7. The van der Waals surface area contributed by atoms with Crippen molar-refractivity contribution < 1.29 is 22.3 Å². The van der Waals surface area contributed by atoms with Gasteiger partial charge in [-0.05, 0) is 28.8 Å². The third-order valence-electron chi connectivity index (χ3n) is 4.68. The quantitative estimate of drug-likeness (QED) is 0.726. The third-order valence-corrected chi connectivity index (χ3v) is 6.51. The topological polar surface area (TPSA) is 67.9 Å². The summed E-state index contributed by atoms with van der Waals surface area (Å²) in [6.45, 7) is 2.60. The predicted octanol–water partition coefficient (Wildman–Crippen LogP) is 2.29. The maximum Gasteiger partial charge on any atom is 0.218 e. The van der Waals surface area contributed by atoms with E-state index in [0.717, 1.165) is 16.7 Å². The van der Waals surface area contributed by atoms with Gasteiger partial charge in [0, 0.05) is 26.2 Å². The number of nitrogens with one attached hydrogen (secondary N) is 1. The summed E-state index contributed by atoms with van der Waals surface area (Å²) < 4.78 is 50.8. The first-order chi connectivity index (χ1) is 13.5. The standard InChI is InChI=1S/C20H25FN2O4S/c1-26-20-7-6-16(12-19(20)21)13-22-14-17-4-2-3-5-18(17)15-28(24,25)23-8-10-27-11-9-23/h2-7,12,22H,8-11,13-15H2,1H3. The van der Waals surface area contributed by atoms with Crippen LogP contribution >= 0.6 is 0 Å². The first kappa shape index (κ1) is 20.7. The number of morpholine rings is 1. The Balaban J connectivity index is 1.63. The fourth-order valence-electron chi connectivity index (χ4n) is 3.14. The lowest BCUT2D eigenvalue weighted by Crippen LogP contribution is -2.41. The maximum atomic E-state index is 13.8. The molecular weight excluding hydrogens is 383 g/mol. The smallest absolute Gasteiger partial charge is 0.218 e. The van der Waals surface area contributed by atoms with Crippen molar-refractivity contribution in [2.75, 3.05) is 33.4 Å². The van der Waals surface area contributed by atoms with Crippen LogP contribution in [-0.2, 0) is 33.6 Å². The number of benzene rings is 2. The molecule has 1 aliphatic rings. The Morgan fingerprint density at radius 2 is 1.82 bits per heavy atom. The van der Waals surface area contributed by atoms with Gasteiger partial charge < -0.3 is 14.8 Å². The van der Waals surface area contributed by atoms with Crippen molar-refractivity contribution in [1.29, 1.82) is 0 Å². The fraction of sp³-hybridized carbons (Fsp3) is 0.400. The first-order valence-corrected chi connectivity index (χ1v) is 10.8. The Labute approximate surface area is 165 Å². The summed E-state index contributed by atoms with van der Waals surface area (Å²) in [4.78, 5) is 0. The molecule has 3 rings (SSSR count). The molecule has 28 heavy (non-hydrogen) atoms. The van der Waals surface area contributed by atoms with Gasteiger partial charge in [-0.1, -0.05) is 30.3 Å². The average Bonchev–Trinajstić information content (AvgIpc) is 2.70. The number of methoxy groups -OCH3 is 1. The zero-order valence-electron chi connectivity index (χ0n) is 15.9. The SMILES string of the molecule is COc1ccc(CNCc2ccccc2CS(=O)(=O)N2CCOCC2)cc1F. The molecule has 6 nitrogen and oxygen atoms in total. The maximum absolute atomic E-state index is 13.8. The molecule has 1 saturated heterocycles. The highest BCUT2D eigenvalue weighted by molar-refractivity contribution is 7.88. The Bertz CT molecular complexity index is 899. The second-order valence-corrected chi connectivity index (χ2v) is 8.58. The van der Waals surface area contributed by atoms with Gasteiger partial charge in [-0.25, -0.2) is 12.8 Å². The Hall–Kier alpha value is -2.00. The fourth-order valence-corrected chi connectivity index (χ4v) is 4.71. The molecule has 0 bridgehead atoms. The number of halogens is 1. The second-order valence-electron chi connectivity index (χ2n) is 6.61. The van der Waals surface area contributed by atoms with Gasteiger partial charge in [0.1, 0.15) is 0 Å². The number of hydrogen-bond acceptors (Lipinski definition) is 5. The van der Waals surface area contributed by atoms with E-state index in [9.17, 15) is 12.8 Å². The van der Waals surface area contributed by atoms with Gasteiger partial charge in [0.15, 0.2) is 11.6 Å². The molecule has 1 aliphatic heterocycles. The molecular formula is C20H25FN2O4S. The van der Waals surface area contributed by atoms with E-state index < -0.39 is 15.8 Å². The van der Waals surface area contributed by atoms with Crippen LogP contribution in [0.25, 0.3) is 0 Å². The van der Waals surface area contributed by atoms with E-state index in [0.29, 0.717) is 39.4 Å². The van der Waals surface area contributed by atoms with Crippen LogP contribution < -0.4 is 10.1 Å². The number of hydrogen-bond donors (Lipinski definition) is 1. The lowest BCUT2D eigenvalue weighted by molar-refractivity contribution is 0.0729. The van der Waals surface area contributed by atoms with E-state index in [1.54, 1.807) is 12.1 Å². The van der Waals surface area contributed by atoms with Crippen LogP contribution in [0, 0.1) is 5.82 Å². The molecule has 0 aromatic heterocycles. The van der Waals surface area contributed by atoms with Gasteiger partial charge in [-0.3, -0.25) is 0 Å². The molecule has 0 unspecified atom stereocenters. The molecule has 2 aromatic rings. The summed E-state index contributed by atoms with van der Waals surface area (Å²) in [5.41, 5.74) is 2.47. The molecule has 152 valence electrons. The second kappa shape index (κ2) is 9.47. The molecule has 1 heterocycles. The molecule has 0 spiro atoms. The zero-order chi connectivity index (χ0) is 20.0. The first-order valence-electron chi connectivity index (χ1n) is 9.15. The van der Waals surface area contributed by atoms with E-state index >= 15 is 0 Å². The van der Waals surface area contributed by atoms with E-state index in [1.165, 1.54) is 17.5 Å². The van der Waals surface area contributed by atoms with Gasteiger partial charge in [0.05, 0.1) is 26.1 Å². The molecule has 0 radical (unpaired) electrons. The van der Waals surface area contributed by atoms with E-state index in [-0.39, 0.29) is 11.5 Å². The lowest BCUT2D eigenvalue weighted by atomic mass is 10.1.